The second-order valence-corrected chi connectivity index (χ2v) is 10.8. The van der Waals surface area contributed by atoms with Gasteiger partial charge in [-0.25, -0.2) is 23.1 Å². The van der Waals surface area contributed by atoms with Crippen LogP contribution in [0.3, 0.4) is 0 Å². The third kappa shape index (κ3) is 6.42. The predicted molar refractivity (Wildman–Crippen MR) is 125 cm³/mol. The maximum Gasteiger partial charge on any atom is 0.280 e. The lowest BCUT2D eigenvalue weighted by molar-refractivity contribution is -0.110. The molecule has 0 spiro atoms. The standard InChI is InChI=1S/C20H20FN5O5S3/c21-16-11-23-20(33-16)25-19(27)18(26-31-12-17-22-7-9-32-17)13-3-5-15(6-4-13)34(28,29)24-10-14-2-1-8-30-14/h3-7,9,11,14,24H,1-2,8,10,12H2,(H,23,25,27)/b26-18+/t14-/m1/s1. The number of benzene rings is 1. The quantitative estimate of drug-likeness (QED) is 0.307. The van der Waals surface area contributed by atoms with Crippen molar-refractivity contribution in [2.75, 3.05) is 18.5 Å². The molecule has 34 heavy (non-hydrogen) atoms. The van der Waals surface area contributed by atoms with Crippen LogP contribution >= 0.6 is 22.7 Å². The van der Waals surface area contributed by atoms with Gasteiger partial charge < -0.3 is 9.57 Å². The van der Waals surface area contributed by atoms with Crippen molar-refractivity contribution >= 4 is 49.4 Å². The van der Waals surface area contributed by atoms with Gasteiger partial charge >= 0.3 is 0 Å². The van der Waals surface area contributed by atoms with Gasteiger partial charge in [0.05, 0.1) is 17.2 Å². The van der Waals surface area contributed by atoms with Crippen LogP contribution in [0.5, 0.6) is 0 Å². The lowest BCUT2D eigenvalue weighted by atomic mass is 10.1. The summed E-state index contributed by atoms with van der Waals surface area (Å²) in [7, 11) is -3.76. The Hall–Kier alpha value is -2.78. The fraction of sp³-hybridized carbons (Fsp3) is 0.300. The number of halogens is 1. The van der Waals surface area contributed by atoms with Crippen molar-refractivity contribution in [2.45, 2.75) is 30.4 Å². The summed E-state index contributed by atoms with van der Waals surface area (Å²) in [5, 5.41) is 8.31. The molecule has 2 N–H and O–H groups in total. The Morgan fingerprint density at radius 1 is 1.29 bits per heavy atom. The molecule has 14 heteroatoms. The molecule has 1 atom stereocenters. The topological polar surface area (TPSA) is 132 Å². The van der Waals surface area contributed by atoms with Crippen molar-refractivity contribution in [1.82, 2.24) is 14.7 Å². The first kappa shape index (κ1) is 24.3. The lowest BCUT2D eigenvalue weighted by Gasteiger charge is -2.12. The van der Waals surface area contributed by atoms with E-state index in [9.17, 15) is 17.6 Å². The molecule has 1 aliphatic rings. The van der Waals surface area contributed by atoms with Crippen molar-refractivity contribution in [3.8, 4) is 0 Å². The minimum atomic E-state index is -3.76. The van der Waals surface area contributed by atoms with E-state index in [1.165, 1.54) is 35.6 Å². The first-order valence-corrected chi connectivity index (χ1v) is 13.3. The fourth-order valence-electron chi connectivity index (χ4n) is 3.05. The Kier molecular flexibility index (Phi) is 7.95. The number of sulfonamides is 1. The number of nitrogens with one attached hydrogen (secondary N) is 2. The van der Waals surface area contributed by atoms with Gasteiger partial charge in [-0.2, -0.15) is 4.39 Å². The van der Waals surface area contributed by atoms with Crippen LogP contribution in [0.15, 0.2) is 52.1 Å². The summed E-state index contributed by atoms with van der Waals surface area (Å²) in [4.78, 5) is 26.0. The third-order valence-corrected chi connectivity index (χ3v) is 7.60. The minimum absolute atomic E-state index is 0.0275. The molecule has 0 radical (unpaired) electrons. The van der Waals surface area contributed by atoms with Crippen LogP contribution in [0.25, 0.3) is 0 Å². The lowest BCUT2D eigenvalue weighted by Crippen LogP contribution is -2.31. The van der Waals surface area contributed by atoms with Gasteiger partial charge in [-0.1, -0.05) is 28.6 Å². The summed E-state index contributed by atoms with van der Waals surface area (Å²) in [5.74, 6) is -0.694. The normalized spacial score (nSPS) is 16.5. The van der Waals surface area contributed by atoms with Crippen LogP contribution < -0.4 is 10.0 Å². The van der Waals surface area contributed by atoms with Gasteiger partial charge in [0.25, 0.3) is 5.91 Å². The summed E-state index contributed by atoms with van der Waals surface area (Å²) >= 11 is 2.02. The fourth-order valence-corrected chi connectivity index (χ4v) is 5.18. The molecule has 1 saturated heterocycles. The number of anilines is 1. The molecule has 0 unspecified atom stereocenters. The molecule has 1 aromatic carbocycles. The van der Waals surface area contributed by atoms with Gasteiger partial charge in [0.1, 0.15) is 5.01 Å². The number of aromatic nitrogens is 2. The Bertz CT molecular complexity index is 1240. The Morgan fingerprint density at radius 3 is 2.76 bits per heavy atom. The zero-order valence-electron chi connectivity index (χ0n) is 17.6. The van der Waals surface area contributed by atoms with E-state index in [0.717, 1.165) is 19.0 Å². The number of amides is 1. The highest BCUT2D eigenvalue weighted by molar-refractivity contribution is 7.89. The van der Waals surface area contributed by atoms with Gasteiger partial charge in [0.2, 0.25) is 10.0 Å². The summed E-state index contributed by atoms with van der Waals surface area (Å²) in [6.07, 6.45) is 4.18. The largest absolute Gasteiger partial charge is 0.388 e. The molecule has 4 rings (SSSR count). The minimum Gasteiger partial charge on any atom is -0.388 e. The highest BCUT2D eigenvalue weighted by Crippen LogP contribution is 2.18. The first-order valence-electron chi connectivity index (χ1n) is 10.1. The van der Waals surface area contributed by atoms with Crippen molar-refractivity contribution < 1.29 is 27.2 Å². The molecule has 0 bridgehead atoms. The maximum atomic E-state index is 13.3. The highest BCUT2D eigenvalue weighted by Gasteiger charge is 2.22. The molecular formula is C20H20FN5O5S3. The molecule has 2 aromatic heterocycles. The third-order valence-electron chi connectivity index (χ3n) is 4.70. The van der Waals surface area contributed by atoms with Crippen LogP contribution in [-0.2, 0) is 31.0 Å². The molecule has 1 aliphatic heterocycles. The molecule has 0 saturated carbocycles. The average molecular weight is 526 g/mol. The van der Waals surface area contributed by atoms with Crippen LogP contribution in [0.1, 0.15) is 23.4 Å². The second-order valence-electron chi connectivity index (χ2n) is 7.07. The number of carbonyl (C=O) groups excluding carboxylic acids is 1. The molecular weight excluding hydrogens is 505 g/mol. The van der Waals surface area contributed by atoms with Gasteiger partial charge in [-0.15, -0.1) is 11.3 Å². The summed E-state index contributed by atoms with van der Waals surface area (Å²) in [6, 6.07) is 5.60. The van der Waals surface area contributed by atoms with E-state index in [-0.39, 0.29) is 35.0 Å². The molecule has 1 amide bonds. The van der Waals surface area contributed by atoms with E-state index in [0.29, 0.717) is 28.5 Å². The SMILES string of the molecule is O=C(Nc1ncc(F)s1)/C(=N/OCc1nccs1)c1ccc(S(=O)(=O)NC[C@H]2CCCO2)cc1. The molecule has 10 nitrogen and oxygen atoms in total. The van der Waals surface area contributed by atoms with Gasteiger partial charge in [0.15, 0.2) is 22.6 Å². The smallest absolute Gasteiger partial charge is 0.280 e. The van der Waals surface area contributed by atoms with Crippen LogP contribution in [0.2, 0.25) is 0 Å². The first-order chi connectivity index (χ1) is 16.4. The van der Waals surface area contributed by atoms with Gasteiger partial charge in [-0.05, 0) is 25.0 Å². The zero-order valence-corrected chi connectivity index (χ0v) is 20.1. The number of hydrogen-bond acceptors (Lipinski definition) is 10. The summed E-state index contributed by atoms with van der Waals surface area (Å²) < 4.78 is 46.4. The average Bonchev–Trinajstić information content (AvgIpc) is 3.59. The Morgan fingerprint density at radius 2 is 2.12 bits per heavy atom. The number of nitrogens with zero attached hydrogens (tertiary/aromatic N) is 3. The molecule has 1 fully saturated rings. The van der Waals surface area contributed by atoms with Crippen molar-refractivity contribution in [3.63, 3.8) is 0 Å². The summed E-state index contributed by atoms with van der Waals surface area (Å²) in [6.45, 7) is 0.859. The predicted octanol–water partition coefficient (Wildman–Crippen LogP) is 2.76. The van der Waals surface area contributed by atoms with E-state index in [1.807, 2.05) is 0 Å². The van der Waals surface area contributed by atoms with E-state index >= 15 is 0 Å². The van der Waals surface area contributed by atoms with Crippen LogP contribution in [0.4, 0.5) is 9.52 Å². The Labute approximate surface area is 202 Å². The monoisotopic (exact) mass is 525 g/mol. The molecule has 0 aliphatic carbocycles. The number of ether oxygens (including phenoxy) is 1. The second kappa shape index (κ2) is 11.1. The van der Waals surface area contributed by atoms with Gasteiger partial charge in [0, 0.05) is 30.3 Å². The van der Waals surface area contributed by atoms with Crippen molar-refractivity contribution in [1.29, 1.82) is 0 Å². The Balaban J connectivity index is 1.50. The number of hydrogen-bond donors (Lipinski definition) is 2. The van der Waals surface area contributed by atoms with Crippen LogP contribution in [0, 0.1) is 5.13 Å². The number of carbonyl (C=O) groups is 1. The van der Waals surface area contributed by atoms with Gasteiger partial charge in [-0.3, -0.25) is 10.1 Å². The maximum absolute atomic E-state index is 13.3. The van der Waals surface area contributed by atoms with Crippen molar-refractivity contribution in [3.05, 3.63) is 57.7 Å². The number of thiazole rings is 2. The van der Waals surface area contributed by atoms with Crippen LogP contribution in [-0.4, -0.2) is 49.3 Å². The highest BCUT2D eigenvalue weighted by atomic mass is 32.2. The van der Waals surface area contributed by atoms with E-state index in [2.05, 4.69) is 25.2 Å². The molecule has 180 valence electrons. The molecule has 3 heterocycles. The van der Waals surface area contributed by atoms with E-state index in [1.54, 1.807) is 11.6 Å². The summed E-state index contributed by atoms with van der Waals surface area (Å²) in [5.41, 5.74) is 0.162. The van der Waals surface area contributed by atoms with E-state index < -0.39 is 21.1 Å². The van der Waals surface area contributed by atoms with Crippen molar-refractivity contribution in [2.24, 2.45) is 5.16 Å². The zero-order chi connectivity index (χ0) is 24.0. The van der Waals surface area contributed by atoms with E-state index in [4.69, 9.17) is 9.57 Å². The number of oxime groups is 1. The molecule has 3 aromatic rings. The number of rotatable bonds is 10.